The van der Waals surface area contributed by atoms with Crippen molar-refractivity contribution in [3.05, 3.63) is 101 Å². The lowest BCUT2D eigenvalue weighted by Crippen LogP contribution is -2.26. The Morgan fingerprint density at radius 3 is 1.86 bits per heavy atom. The van der Waals surface area contributed by atoms with E-state index in [0.29, 0.717) is 11.1 Å². The Labute approximate surface area is 165 Å². The maximum Gasteiger partial charge on any atom is 0.255 e. The first kappa shape index (κ1) is 19.4. The summed E-state index contributed by atoms with van der Waals surface area (Å²) in [5.41, 5.74) is 5.02. The highest BCUT2D eigenvalue weighted by atomic mass is 16.2. The van der Waals surface area contributed by atoms with E-state index in [1.165, 1.54) is 0 Å². The predicted octanol–water partition coefficient (Wildman–Crippen LogP) is 5.05. The number of rotatable bonds is 5. The number of benzene rings is 3. The van der Waals surface area contributed by atoms with Crippen LogP contribution in [0.5, 0.6) is 0 Å². The van der Waals surface area contributed by atoms with Gasteiger partial charge in [0, 0.05) is 16.8 Å². The van der Waals surface area contributed by atoms with Gasteiger partial charge in [0.15, 0.2) is 0 Å². The van der Waals surface area contributed by atoms with Crippen molar-refractivity contribution >= 4 is 17.5 Å². The summed E-state index contributed by atoms with van der Waals surface area (Å²) in [6.45, 7) is 5.93. The molecule has 1 unspecified atom stereocenters. The van der Waals surface area contributed by atoms with Crippen LogP contribution in [-0.2, 0) is 0 Å². The molecule has 4 nitrogen and oxygen atoms in total. The largest absolute Gasteiger partial charge is 0.346 e. The molecule has 0 aliphatic heterocycles. The van der Waals surface area contributed by atoms with Crippen LogP contribution in [0, 0.1) is 13.8 Å². The molecule has 3 aromatic carbocycles. The second-order valence-electron chi connectivity index (χ2n) is 7.01. The Morgan fingerprint density at radius 2 is 1.29 bits per heavy atom. The van der Waals surface area contributed by atoms with Crippen LogP contribution < -0.4 is 10.6 Å². The van der Waals surface area contributed by atoms with Gasteiger partial charge in [0.25, 0.3) is 11.8 Å². The number of amides is 2. The first-order valence-electron chi connectivity index (χ1n) is 9.28. The molecule has 0 bridgehead atoms. The molecule has 2 amide bonds. The topological polar surface area (TPSA) is 58.2 Å². The lowest BCUT2D eigenvalue weighted by atomic mass is 10.1. The molecule has 3 rings (SSSR count). The average molecular weight is 372 g/mol. The second kappa shape index (κ2) is 8.53. The molecule has 0 aliphatic rings. The molecule has 0 saturated carbocycles. The third-order valence-corrected chi connectivity index (χ3v) is 4.54. The summed E-state index contributed by atoms with van der Waals surface area (Å²) in [5.74, 6) is -0.368. The van der Waals surface area contributed by atoms with Crippen molar-refractivity contribution < 1.29 is 9.59 Å². The number of carbonyl (C=O) groups is 2. The molecule has 3 aromatic rings. The summed E-state index contributed by atoms with van der Waals surface area (Å²) in [5, 5.41) is 5.88. The lowest BCUT2D eigenvalue weighted by molar-refractivity contribution is 0.0938. The van der Waals surface area contributed by atoms with Crippen LogP contribution in [0.15, 0.2) is 72.8 Å². The molecular formula is C24H24N2O2. The fourth-order valence-electron chi connectivity index (χ4n) is 3.13. The molecule has 0 fully saturated rings. The van der Waals surface area contributed by atoms with E-state index in [0.717, 1.165) is 22.4 Å². The van der Waals surface area contributed by atoms with Gasteiger partial charge in [-0.05, 0) is 73.9 Å². The average Bonchev–Trinajstić information content (AvgIpc) is 2.68. The molecule has 0 saturated heterocycles. The van der Waals surface area contributed by atoms with Crippen molar-refractivity contribution in [3.8, 4) is 0 Å². The maximum atomic E-state index is 12.5. The van der Waals surface area contributed by atoms with E-state index in [-0.39, 0.29) is 17.9 Å². The summed E-state index contributed by atoms with van der Waals surface area (Å²) in [7, 11) is 0. The first-order chi connectivity index (χ1) is 13.4. The second-order valence-corrected chi connectivity index (χ2v) is 7.01. The summed E-state index contributed by atoms with van der Waals surface area (Å²) in [6, 6.07) is 22.3. The van der Waals surface area contributed by atoms with Crippen molar-refractivity contribution in [2.45, 2.75) is 26.8 Å². The smallest absolute Gasteiger partial charge is 0.255 e. The predicted molar refractivity (Wildman–Crippen MR) is 113 cm³/mol. The fraction of sp³-hybridized carbons (Fsp3) is 0.167. The van der Waals surface area contributed by atoms with Crippen LogP contribution in [0.1, 0.15) is 50.4 Å². The van der Waals surface area contributed by atoms with E-state index in [4.69, 9.17) is 0 Å². The van der Waals surface area contributed by atoms with E-state index in [1.807, 2.05) is 63.2 Å². The van der Waals surface area contributed by atoms with Gasteiger partial charge in [-0.1, -0.05) is 36.4 Å². The minimum absolute atomic E-state index is 0.0961. The van der Waals surface area contributed by atoms with Crippen LogP contribution in [-0.4, -0.2) is 11.8 Å². The summed E-state index contributed by atoms with van der Waals surface area (Å²) < 4.78 is 0. The normalized spacial score (nSPS) is 11.5. The van der Waals surface area contributed by atoms with Gasteiger partial charge >= 0.3 is 0 Å². The van der Waals surface area contributed by atoms with E-state index in [2.05, 4.69) is 16.7 Å². The van der Waals surface area contributed by atoms with Crippen LogP contribution in [0.2, 0.25) is 0 Å². The van der Waals surface area contributed by atoms with Crippen molar-refractivity contribution in [3.63, 3.8) is 0 Å². The molecule has 4 heteroatoms. The van der Waals surface area contributed by atoms with Gasteiger partial charge < -0.3 is 10.6 Å². The van der Waals surface area contributed by atoms with Gasteiger partial charge in [-0.3, -0.25) is 9.59 Å². The van der Waals surface area contributed by atoms with Crippen LogP contribution in [0.25, 0.3) is 0 Å². The zero-order valence-corrected chi connectivity index (χ0v) is 16.3. The summed E-state index contributed by atoms with van der Waals surface area (Å²) >= 11 is 0. The standard InChI is InChI=1S/C24H24N2O2/c1-16-13-17(2)15-22(14-16)26-24(28)21-11-9-20(10-12-21)23(27)25-18(3)19-7-5-4-6-8-19/h4-15,18H,1-3H3,(H,25,27)(H,26,28). The molecule has 142 valence electrons. The number of carbonyl (C=O) groups excluding carboxylic acids is 2. The Morgan fingerprint density at radius 1 is 0.750 bits per heavy atom. The third kappa shape index (κ3) is 4.86. The van der Waals surface area contributed by atoms with E-state index >= 15 is 0 Å². The fourth-order valence-corrected chi connectivity index (χ4v) is 3.13. The molecule has 0 aliphatic carbocycles. The highest BCUT2D eigenvalue weighted by Crippen LogP contribution is 2.16. The number of hydrogen-bond acceptors (Lipinski definition) is 2. The van der Waals surface area contributed by atoms with Crippen LogP contribution >= 0.6 is 0 Å². The highest BCUT2D eigenvalue weighted by molar-refractivity contribution is 6.05. The zero-order valence-electron chi connectivity index (χ0n) is 16.3. The van der Waals surface area contributed by atoms with Gasteiger partial charge in [0.1, 0.15) is 0 Å². The van der Waals surface area contributed by atoms with Gasteiger partial charge in [-0.2, -0.15) is 0 Å². The molecule has 0 heterocycles. The Kier molecular flexibility index (Phi) is 5.90. The van der Waals surface area contributed by atoms with E-state index in [1.54, 1.807) is 24.3 Å². The van der Waals surface area contributed by atoms with Crippen molar-refractivity contribution in [2.75, 3.05) is 5.32 Å². The number of hydrogen-bond donors (Lipinski definition) is 2. The highest BCUT2D eigenvalue weighted by Gasteiger charge is 2.13. The van der Waals surface area contributed by atoms with Crippen molar-refractivity contribution in [2.24, 2.45) is 0 Å². The Bertz CT molecular complexity index is 959. The molecule has 0 radical (unpaired) electrons. The lowest BCUT2D eigenvalue weighted by Gasteiger charge is -2.14. The summed E-state index contributed by atoms with van der Waals surface area (Å²) in [4.78, 5) is 24.9. The summed E-state index contributed by atoms with van der Waals surface area (Å²) in [6.07, 6.45) is 0. The Balaban J connectivity index is 1.65. The van der Waals surface area contributed by atoms with Gasteiger partial charge in [0.2, 0.25) is 0 Å². The molecule has 1 atom stereocenters. The Hall–Kier alpha value is -3.40. The van der Waals surface area contributed by atoms with Crippen molar-refractivity contribution in [1.29, 1.82) is 0 Å². The van der Waals surface area contributed by atoms with Crippen molar-refractivity contribution in [1.82, 2.24) is 5.32 Å². The molecule has 0 spiro atoms. The van der Waals surface area contributed by atoms with Gasteiger partial charge in [0.05, 0.1) is 6.04 Å². The number of aryl methyl sites for hydroxylation is 2. The van der Waals surface area contributed by atoms with Gasteiger partial charge in [-0.25, -0.2) is 0 Å². The third-order valence-electron chi connectivity index (χ3n) is 4.54. The van der Waals surface area contributed by atoms with Gasteiger partial charge in [-0.15, -0.1) is 0 Å². The minimum Gasteiger partial charge on any atom is -0.346 e. The maximum absolute atomic E-state index is 12.5. The molecule has 2 N–H and O–H groups in total. The molecule has 0 aromatic heterocycles. The van der Waals surface area contributed by atoms with E-state index < -0.39 is 0 Å². The zero-order chi connectivity index (χ0) is 20.1. The van der Waals surface area contributed by atoms with Crippen LogP contribution in [0.4, 0.5) is 5.69 Å². The first-order valence-corrected chi connectivity index (χ1v) is 9.28. The minimum atomic E-state index is -0.199. The monoisotopic (exact) mass is 372 g/mol. The number of nitrogens with one attached hydrogen (secondary N) is 2. The molecule has 28 heavy (non-hydrogen) atoms. The quantitative estimate of drug-likeness (QED) is 0.659. The SMILES string of the molecule is Cc1cc(C)cc(NC(=O)c2ccc(C(=O)NC(C)c3ccccc3)cc2)c1. The molecular weight excluding hydrogens is 348 g/mol. The number of anilines is 1. The van der Waals surface area contributed by atoms with Crippen LogP contribution in [0.3, 0.4) is 0 Å². The van der Waals surface area contributed by atoms with E-state index in [9.17, 15) is 9.59 Å².